The number of rotatable bonds is 3. The van der Waals surface area contributed by atoms with Crippen LogP contribution in [0.2, 0.25) is 5.02 Å². The summed E-state index contributed by atoms with van der Waals surface area (Å²) in [5.41, 5.74) is 2.48. The van der Waals surface area contributed by atoms with E-state index in [2.05, 4.69) is 10.1 Å². The van der Waals surface area contributed by atoms with Crippen LogP contribution in [-0.4, -0.2) is 25.4 Å². The van der Waals surface area contributed by atoms with Crippen LogP contribution < -0.4 is 0 Å². The van der Waals surface area contributed by atoms with Crippen molar-refractivity contribution < 1.29 is 4.55 Å². The van der Waals surface area contributed by atoms with Crippen LogP contribution >= 0.6 is 23.4 Å². The molecule has 114 valence electrons. The fourth-order valence-electron chi connectivity index (χ4n) is 2.28. The van der Waals surface area contributed by atoms with E-state index >= 15 is 0 Å². The van der Waals surface area contributed by atoms with Crippen LogP contribution in [0.25, 0.3) is 5.65 Å². The first-order valence-corrected chi connectivity index (χ1v) is 9.35. The van der Waals surface area contributed by atoms with Gasteiger partial charge >= 0.3 is 0 Å². The zero-order chi connectivity index (χ0) is 15.9. The van der Waals surface area contributed by atoms with Crippen molar-refractivity contribution >= 4 is 40.2 Å². The van der Waals surface area contributed by atoms with Crippen LogP contribution in [-0.2, 0) is 11.2 Å². The third-order valence-electron chi connectivity index (χ3n) is 3.21. The molecule has 2 heterocycles. The number of aryl methyl sites for hydroxylation is 2. The summed E-state index contributed by atoms with van der Waals surface area (Å²) in [6.45, 7) is 3.88. The Hall–Kier alpha value is -1.21. The molecule has 0 saturated carbocycles. The molecule has 0 radical (unpaired) electrons. The molecule has 1 unspecified atom stereocenters. The van der Waals surface area contributed by atoms with Crippen molar-refractivity contribution in [1.29, 1.82) is 0 Å². The number of benzene rings is 1. The van der Waals surface area contributed by atoms with Gasteiger partial charge in [0, 0.05) is 33.7 Å². The van der Waals surface area contributed by atoms with E-state index < -0.39 is 11.2 Å². The summed E-state index contributed by atoms with van der Waals surface area (Å²) in [5, 5.41) is 5.82. The fourth-order valence-corrected chi connectivity index (χ4v) is 4.62. The number of fused-ring (bicyclic) bond motifs is 1. The molecule has 2 aromatic heterocycles. The SMILES string of the molecule is CSc1nn2c(C)cc(C)nc2c1[S+]([O-])c1cccc(Cl)c1. The second-order valence-electron chi connectivity index (χ2n) is 4.84. The van der Waals surface area contributed by atoms with Gasteiger partial charge in [0.15, 0.2) is 9.92 Å². The quantitative estimate of drug-likeness (QED) is 0.530. The largest absolute Gasteiger partial charge is 0.606 e. The minimum Gasteiger partial charge on any atom is -0.606 e. The number of hydrogen-bond acceptors (Lipinski definition) is 4. The zero-order valence-electron chi connectivity index (χ0n) is 12.3. The van der Waals surface area contributed by atoms with Crippen molar-refractivity contribution in [3.63, 3.8) is 0 Å². The Labute approximate surface area is 141 Å². The molecule has 0 N–H and O–H groups in total. The molecule has 1 atom stereocenters. The van der Waals surface area contributed by atoms with Crippen molar-refractivity contribution in [2.45, 2.75) is 28.7 Å². The van der Waals surface area contributed by atoms with Crippen LogP contribution in [0.1, 0.15) is 11.4 Å². The Morgan fingerprint density at radius 1 is 1.27 bits per heavy atom. The molecule has 0 aliphatic heterocycles. The van der Waals surface area contributed by atoms with Crippen molar-refractivity contribution in [1.82, 2.24) is 14.6 Å². The van der Waals surface area contributed by atoms with E-state index in [1.807, 2.05) is 26.2 Å². The van der Waals surface area contributed by atoms with Crippen molar-refractivity contribution in [3.05, 3.63) is 46.7 Å². The standard InChI is InChI=1S/C15H14ClN3OS2/c1-9-7-10(2)19-14(17-9)13(15(18-19)21-3)22(20)12-6-4-5-11(16)8-12/h4-8H,1-3H3. The van der Waals surface area contributed by atoms with Gasteiger partial charge < -0.3 is 4.55 Å². The fraction of sp³-hybridized carbons (Fsp3) is 0.200. The van der Waals surface area contributed by atoms with Crippen molar-refractivity contribution in [3.8, 4) is 0 Å². The predicted octanol–water partition coefficient (Wildman–Crippen LogP) is 3.89. The smallest absolute Gasteiger partial charge is 0.237 e. The van der Waals surface area contributed by atoms with Crippen LogP contribution in [0, 0.1) is 13.8 Å². The average molecular weight is 352 g/mol. The predicted molar refractivity (Wildman–Crippen MR) is 90.4 cm³/mol. The summed E-state index contributed by atoms with van der Waals surface area (Å²) >= 11 is 6.10. The van der Waals surface area contributed by atoms with Crippen LogP contribution in [0.5, 0.6) is 0 Å². The lowest BCUT2D eigenvalue weighted by molar-refractivity contribution is 0.593. The molecular formula is C15H14ClN3OS2. The molecule has 0 fully saturated rings. The number of thioether (sulfide) groups is 1. The molecule has 0 aliphatic rings. The van der Waals surface area contributed by atoms with Crippen LogP contribution in [0.3, 0.4) is 0 Å². The van der Waals surface area contributed by atoms with Gasteiger partial charge in [0.05, 0.1) is 0 Å². The first kappa shape index (κ1) is 15.7. The average Bonchev–Trinajstić information content (AvgIpc) is 2.85. The summed E-state index contributed by atoms with van der Waals surface area (Å²) in [6, 6.07) is 9.03. The molecule has 22 heavy (non-hydrogen) atoms. The first-order valence-electron chi connectivity index (χ1n) is 6.59. The monoisotopic (exact) mass is 351 g/mol. The molecule has 4 nitrogen and oxygen atoms in total. The number of hydrogen-bond donors (Lipinski definition) is 0. The zero-order valence-corrected chi connectivity index (χ0v) is 14.7. The normalized spacial score (nSPS) is 12.8. The maximum atomic E-state index is 13.0. The van der Waals surface area contributed by atoms with E-state index in [9.17, 15) is 4.55 Å². The third kappa shape index (κ3) is 2.72. The van der Waals surface area contributed by atoms with Gasteiger partial charge in [-0.2, -0.15) is 5.10 Å². The van der Waals surface area contributed by atoms with Gasteiger partial charge in [-0.05, 0) is 38.3 Å². The van der Waals surface area contributed by atoms with Crippen molar-refractivity contribution in [2.75, 3.05) is 6.26 Å². The number of nitrogens with zero attached hydrogens (tertiary/aromatic N) is 3. The summed E-state index contributed by atoms with van der Waals surface area (Å²) in [5.74, 6) is 0. The van der Waals surface area contributed by atoms with E-state index in [-0.39, 0.29) is 0 Å². The molecular weight excluding hydrogens is 338 g/mol. The summed E-state index contributed by atoms with van der Waals surface area (Å²) in [4.78, 5) is 5.83. The van der Waals surface area contributed by atoms with E-state index in [0.717, 1.165) is 16.4 Å². The van der Waals surface area contributed by atoms with Crippen LogP contribution in [0.4, 0.5) is 0 Å². The molecule has 0 bridgehead atoms. The summed E-state index contributed by atoms with van der Waals surface area (Å²) in [6.07, 6.45) is 1.92. The highest BCUT2D eigenvalue weighted by molar-refractivity contribution is 7.99. The minimum absolute atomic E-state index is 0.563. The van der Waals surface area contributed by atoms with Crippen LogP contribution in [0.15, 0.2) is 45.1 Å². The Kier molecular flexibility index (Phi) is 4.36. The van der Waals surface area contributed by atoms with E-state index in [1.165, 1.54) is 11.8 Å². The number of halogens is 1. The highest BCUT2D eigenvalue weighted by Gasteiger charge is 2.28. The lowest BCUT2D eigenvalue weighted by atomic mass is 10.3. The number of aromatic nitrogens is 3. The molecule has 3 aromatic rings. The Morgan fingerprint density at radius 2 is 2.05 bits per heavy atom. The minimum atomic E-state index is -1.38. The maximum absolute atomic E-state index is 13.0. The summed E-state index contributed by atoms with van der Waals surface area (Å²) in [7, 11) is 0. The first-order chi connectivity index (χ1) is 10.5. The highest BCUT2D eigenvalue weighted by atomic mass is 35.5. The molecule has 0 aliphatic carbocycles. The molecule has 0 amide bonds. The second kappa shape index (κ2) is 6.12. The molecule has 0 spiro atoms. The van der Waals surface area contributed by atoms with Gasteiger partial charge in [0.25, 0.3) is 0 Å². The molecule has 7 heteroatoms. The van der Waals surface area contributed by atoms with E-state index in [4.69, 9.17) is 11.6 Å². The van der Waals surface area contributed by atoms with Gasteiger partial charge in [0.2, 0.25) is 10.5 Å². The Balaban J connectivity index is 2.24. The molecule has 0 saturated heterocycles. The topological polar surface area (TPSA) is 53.2 Å². The molecule has 3 rings (SSSR count). The van der Waals surface area contributed by atoms with Gasteiger partial charge in [0.1, 0.15) is 0 Å². The van der Waals surface area contributed by atoms with Gasteiger partial charge in [-0.15, -0.1) is 11.8 Å². The lowest BCUT2D eigenvalue weighted by Crippen LogP contribution is -2.05. The lowest BCUT2D eigenvalue weighted by Gasteiger charge is -2.09. The van der Waals surface area contributed by atoms with Gasteiger partial charge in [-0.1, -0.05) is 17.7 Å². The van der Waals surface area contributed by atoms with Crippen molar-refractivity contribution in [2.24, 2.45) is 0 Å². The van der Waals surface area contributed by atoms with Gasteiger partial charge in [-0.25, -0.2) is 9.50 Å². The highest BCUT2D eigenvalue weighted by Crippen LogP contribution is 2.33. The third-order valence-corrected chi connectivity index (χ3v) is 5.68. The Bertz CT molecular complexity index is 850. The maximum Gasteiger partial charge on any atom is 0.237 e. The van der Waals surface area contributed by atoms with E-state index in [0.29, 0.717) is 20.5 Å². The Morgan fingerprint density at radius 3 is 2.73 bits per heavy atom. The second-order valence-corrected chi connectivity index (χ2v) is 7.49. The molecule has 1 aromatic carbocycles. The van der Waals surface area contributed by atoms with Gasteiger partial charge in [-0.3, -0.25) is 0 Å². The summed E-state index contributed by atoms with van der Waals surface area (Å²) < 4.78 is 14.8. The van der Waals surface area contributed by atoms with E-state index in [1.54, 1.807) is 28.8 Å².